The number of carbonyl (C=O) groups excluding carboxylic acids is 1. The summed E-state index contributed by atoms with van der Waals surface area (Å²) < 4.78 is 2.01. The molecule has 0 radical (unpaired) electrons. The molecular weight excluding hydrogens is 216 g/mol. The minimum Gasteiger partial charge on any atom is -0.368 e. The summed E-state index contributed by atoms with van der Waals surface area (Å²) in [6.45, 7) is 4.28. The molecule has 2 rings (SSSR count). The zero-order valence-corrected chi connectivity index (χ0v) is 9.97. The number of aromatic nitrogens is 2. The van der Waals surface area contributed by atoms with E-state index in [2.05, 4.69) is 10.3 Å². The molecule has 0 aromatic carbocycles. The number of primary amides is 1. The van der Waals surface area contributed by atoms with Crippen LogP contribution in [0.5, 0.6) is 0 Å². The maximum atomic E-state index is 10.9. The Balaban J connectivity index is 2.23. The van der Waals surface area contributed by atoms with Crippen molar-refractivity contribution in [3.8, 4) is 0 Å². The van der Waals surface area contributed by atoms with Crippen LogP contribution in [0.4, 0.5) is 0 Å². The highest BCUT2D eigenvalue weighted by Crippen LogP contribution is 2.11. The zero-order chi connectivity index (χ0) is 12.4. The highest BCUT2D eigenvalue weighted by atomic mass is 16.1. The lowest BCUT2D eigenvalue weighted by atomic mass is 10.3. The quantitative estimate of drug-likeness (QED) is 0.811. The van der Waals surface area contributed by atoms with Gasteiger partial charge in [-0.1, -0.05) is 6.07 Å². The van der Waals surface area contributed by atoms with Crippen molar-refractivity contribution in [1.82, 2.24) is 14.7 Å². The van der Waals surface area contributed by atoms with E-state index in [0.717, 1.165) is 17.0 Å². The Hall–Kier alpha value is -1.88. The number of amides is 1. The Morgan fingerprint density at radius 2 is 2.35 bits per heavy atom. The van der Waals surface area contributed by atoms with E-state index in [9.17, 15) is 4.79 Å². The second-order valence-corrected chi connectivity index (χ2v) is 4.08. The summed E-state index contributed by atoms with van der Waals surface area (Å²) >= 11 is 0. The second kappa shape index (κ2) is 4.55. The summed E-state index contributed by atoms with van der Waals surface area (Å²) in [5, 5.41) is 3.08. The predicted octanol–water partition coefficient (Wildman–Crippen LogP) is 0.606. The van der Waals surface area contributed by atoms with Crippen LogP contribution in [-0.2, 0) is 11.3 Å². The topological polar surface area (TPSA) is 72.4 Å². The molecule has 0 saturated carbocycles. The SMILES string of the molecule is Cc1nc2ccccn2c1CNC(C)C(N)=O. The van der Waals surface area contributed by atoms with Crippen molar-refractivity contribution in [2.24, 2.45) is 5.73 Å². The number of fused-ring (bicyclic) bond motifs is 1. The van der Waals surface area contributed by atoms with E-state index < -0.39 is 0 Å². The first-order valence-corrected chi connectivity index (χ1v) is 5.55. The maximum Gasteiger partial charge on any atom is 0.234 e. The van der Waals surface area contributed by atoms with Gasteiger partial charge in [-0.2, -0.15) is 0 Å². The zero-order valence-electron chi connectivity index (χ0n) is 9.97. The van der Waals surface area contributed by atoms with E-state index >= 15 is 0 Å². The molecule has 0 fully saturated rings. The average molecular weight is 232 g/mol. The lowest BCUT2D eigenvalue weighted by Crippen LogP contribution is -2.38. The summed E-state index contributed by atoms with van der Waals surface area (Å²) in [6, 6.07) is 5.51. The summed E-state index contributed by atoms with van der Waals surface area (Å²) in [5.41, 5.74) is 8.12. The van der Waals surface area contributed by atoms with Crippen LogP contribution in [0.1, 0.15) is 18.3 Å². The van der Waals surface area contributed by atoms with Gasteiger partial charge in [-0.25, -0.2) is 4.98 Å². The molecule has 0 aliphatic carbocycles. The molecule has 17 heavy (non-hydrogen) atoms. The normalized spacial score (nSPS) is 12.8. The molecule has 1 atom stereocenters. The molecule has 3 N–H and O–H groups in total. The third kappa shape index (κ3) is 2.29. The molecule has 2 aromatic rings. The van der Waals surface area contributed by atoms with Crippen molar-refractivity contribution < 1.29 is 4.79 Å². The number of carbonyl (C=O) groups is 1. The number of hydrogen-bond donors (Lipinski definition) is 2. The minimum absolute atomic E-state index is 0.344. The van der Waals surface area contributed by atoms with Crippen molar-refractivity contribution in [2.45, 2.75) is 26.4 Å². The average Bonchev–Trinajstić information content (AvgIpc) is 2.61. The fourth-order valence-electron chi connectivity index (χ4n) is 1.73. The van der Waals surface area contributed by atoms with Crippen LogP contribution in [0.15, 0.2) is 24.4 Å². The Morgan fingerprint density at radius 1 is 1.59 bits per heavy atom. The van der Waals surface area contributed by atoms with Crippen LogP contribution in [0.25, 0.3) is 5.65 Å². The number of nitrogens with one attached hydrogen (secondary N) is 1. The molecule has 1 unspecified atom stereocenters. The van der Waals surface area contributed by atoms with E-state index in [0.29, 0.717) is 6.54 Å². The van der Waals surface area contributed by atoms with Gasteiger partial charge in [-0.05, 0) is 26.0 Å². The van der Waals surface area contributed by atoms with Gasteiger partial charge >= 0.3 is 0 Å². The van der Waals surface area contributed by atoms with Gasteiger partial charge in [0.25, 0.3) is 0 Å². The van der Waals surface area contributed by atoms with Crippen molar-refractivity contribution in [1.29, 1.82) is 0 Å². The molecule has 0 aliphatic rings. The van der Waals surface area contributed by atoms with Crippen LogP contribution < -0.4 is 11.1 Å². The summed E-state index contributed by atoms with van der Waals surface area (Å²) in [5.74, 6) is -0.350. The summed E-state index contributed by atoms with van der Waals surface area (Å²) in [7, 11) is 0. The van der Waals surface area contributed by atoms with E-state index in [-0.39, 0.29) is 11.9 Å². The molecule has 0 aliphatic heterocycles. The molecule has 90 valence electrons. The predicted molar refractivity (Wildman–Crippen MR) is 65.4 cm³/mol. The summed E-state index contributed by atoms with van der Waals surface area (Å²) in [6.07, 6.45) is 1.96. The number of nitrogens with two attached hydrogens (primary N) is 1. The number of pyridine rings is 1. The Morgan fingerprint density at radius 3 is 3.06 bits per heavy atom. The van der Waals surface area contributed by atoms with Crippen molar-refractivity contribution >= 4 is 11.6 Å². The van der Waals surface area contributed by atoms with Gasteiger partial charge in [-0.15, -0.1) is 0 Å². The van der Waals surface area contributed by atoms with Gasteiger partial charge in [0, 0.05) is 12.7 Å². The summed E-state index contributed by atoms with van der Waals surface area (Å²) in [4.78, 5) is 15.4. The molecule has 1 amide bonds. The number of nitrogens with zero attached hydrogens (tertiary/aromatic N) is 2. The number of rotatable bonds is 4. The molecule has 2 aromatic heterocycles. The van der Waals surface area contributed by atoms with Crippen LogP contribution in [0.2, 0.25) is 0 Å². The van der Waals surface area contributed by atoms with Crippen LogP contribution in [0.3, 0.4) is 0 Å². The molecular formula is C12H16N4O. The fraction of sp³-hybridized carbons (Fsp3) is 0.333. The lowest BCUT2D eigenvalue weighted by molar-refractivity contribution is -0.119. The van der Waals surface area contributed by atoms with E-state index in [1.165, 1.54) is 0 Å². The van der Waals surface area contributed by atoms with Gasteiger partial charge in [0.15, 0.2) is 0 Å². The Labute approximate surface area is 99.6 Å². The van der Waals surface area contributed by atoms with Gasteiger partial charge in [0.2, 0.25) is 5.91 Å². The van der Waals surface area contributed by atoms with E-state index in [1.54, 1.807) is 6.92 Å². The third-order valence-corrected chi connectivity index (χ3v) is 2.83. The van der Waals surface area contributed by atoms with Gasteiger partial charge in [0.05, 0.1) is 17.4 Å². The Bertz CT molecular complexity index is 546. The molecule has 5 heteroatoms. The van der Waals surface area contributed by atoms with Crippen molar-refractivity contribution in [2.75, 3.05) is 0 Å². The molecule has 5 nitrogen and oxygen atoms in total. The van der Waals surface area contributed by atoms with Crippen molar-refractivity contribution in [3.63, 3.8) is 0 Å². The van der Waals surface area contributed by atoms with Gasteiger partial charge < -0.3 is 15.5 Å². The smallest absolute Gasteiger partial charge is 0.234 e. The molecule has 0 spiro atoms. The first kappa shape index (κ1) is 11.6. The minimum atomic E-state index is -0.350. The molecule has 0 saturated heterocycles. The number of aryl methyl sites for hydroxylation is 1. The maximum absolute atomic E-state index is 10.9. The van der Waals surface area contributed by atoms with Gasteiger partial charge in [-0.3, -0.25) is 4.79 Å². The van der Waals surface area contributed by atoms with Crippen LogP contribution in [-0.4, -0.2) is 21.3 Å². The Kier molecular flexibility index (Phi) is 3.10. The third-order valence-electron chi connectivity index (χ3n) is 2.83. The van der Waals surface area contributed by atoms with Gasteiger partial charge in [0.1, 0.15) is 5.65 Å². The lowest BCUT2D eigenvalue weighted by Gasteiger charge is -2.10. The highest BCUT2D eigenvalue weighted by molar-refractivity contribution is 5.79. The first-order valence-electron chi connectivity index (χ1n) is 5.55. The van der Waals surface area contributed by atoms with Crippen LogP contribution >= 0.6 is 0 Å². The largest absolute Gasteiger partial charge is 0.368 e. The number of imidazole rings is 1. The first-order chi connectivity index (χ1) is 8.09. The standard InChI is InChI=1S/C12H16N4O/c1-8-10(7-14-9(2)12(13)17)16-6-4-3-5-11(16)15-8/h3-6,9,14H,7H2,1-2H3,(H2,13,17). The number of hydrogen-bond acceptors (Lipinski definition) is 3. The van der Waals surface area contributed by atoms with E-state index in [4.69, 9.17) is 5.73 Å². The molecule has 0 bridgehead atoms. The second-order valence-electron chi connectivity index (χ2n) is 4.08. The fourth-order valence-corrected chi connectivity index (χ4v) is 1.73. The monoisotopic (exact) mass is 232 g/mol. The van der Waals surface area contributed by atoms with E-state index in [1.807, 2.05) is 35.7 Å². The molecule has 2 heterocycles. The van der Waals surface area contributed by atoms with Crippen LogP contribution in [0, 0.1) is 6.92 Å². The highest BCUT2D eigenvalue weighted by Gasteiger charge is 2.11. The van der Waals surface area contributed by atoms with Crippen molar-refractivity contribution in [3.05, 3.63) is 35.8 Å².